The molecule has 1 aromatic carbocycles. The molecule has 98 valence electrons. The Balaban J connectivity index is 3.33. The smallest absolute Gasteiger partial charge is 0.416 e. The van der Waals surface area contributed by atoms with E-state index < -0.39 is 21.6 Å². The van der Waals surface area contributed by atoms with Crippen molar-refractivity contribution in [2.75, 3.05) is 13.4 Å². The van der Waals surface area contributed by atoms with E-state index in [1.807, 2.05) is 5.25 Å². The van der Waals surface area contributed by atoms with Crippen molar-refractivity contribution < 1.29 is 26.3 Å². The molecule has 1 aromatic rings. The number of halogens is 3. The molecule has 0 saturated heterocycles. The van der Waals surface area contributed by atoms with E-state index >= 15 is 0 Å². The summed E-state index contributed by atoms with van der Waals surface area (Å²) in [6.45, 7) is 0. The lowest BCUT2D eigenvalue weighted by atomic mass is 10.1. The minimum absolute atomic E-state index is 0.0392. The lowest BCUT2D eigenvalue weighted by molar-refractivity contribution is -0.137. The molecule has 0 bridgehead atoms. The monoisotopic (exact) mass is 278 g/mol. The summed E-state index contributed by atoms with van der Waals surface area (Å²) < 4.78 is 63.9. The Kier molecular flexibility index (Phi) is 3.92. The second kappa shape index (κ2) is 4.90. The minimum atomic E-state index is -4.55. The molecule has 3 nitrogen and oxygen atoms in total. The van der Waals surface area contributed by atoms with Gasteiger partial charge in [-0.1, -0.05) is 0 Å². The van der Waals surface area contributed by atoms with Crippen LogP contribution in [0.15, 0.2) is 18.2 Å². The number of sulfone groups is 1. The van der Waals surface area contributed by atoms with E-state index in [0.29, 0.717) is 0 Å². The van der Waals surface area contributed by atoms with Crippen molar-refractivity contribution in [3.63, 3.8) is 0 Å². The topological polar surface area (TPSA) is 43.4 Å². The molecule has 0 atom stereocenters. The van der Waals surface area contributed by atoms with Crippen LogP contribution in [0, 0.1) is 11.2 Å². The number of rotatable bonds is 1. The van der Waals surface area contributed by atoms with Crippen LogP contribution in [-0.4, -0.2) is 21.8 Å². The Hall–Kier alpha value is -1.68. The predicted octanol–water partition coefficient (Wildman–Crippen LogP) is 2.07. The second-order valence-corrected chi connectivity index (χ2v) is 5.20. The molecule has 0 aliphatic carbocycles. The standard InChI is InChI=1S/C11H9F3O3S/c1-17-10-6-8(3-4-18(2,15)16)5-9(7-10)11(12,13)14/h5-7H,1-2H3. The van der Waals surface area contributed by atoms with Gasteiger partial charge in [0.25, 0.3) is 0 Å². The molecule has 18 heavy (non-hydrogen) atoms. The summed E-state index contributed by atoms with van der Waals surface area (Å²) in [5.74, 6) is 2.11. The van der Waals surface area contributed by atoms with Crippen LogP contribution in [0.3, 0.4) is 0 Å². The number of hydrogen-bond acceptors (Lipinski definition) is 3. The first-order valence-corrected chi connectivity index (χ1v) is 6.50. The average Bonchev–Trinajstić information content (AvgIpc) is 2.24. The average molecular weight is 278 g/mol. The van der Waals surface area contributed by atoms with Gasteiger partial charge in [-0.3, -0.25) is 0 Å². The zero-order valence-corrected chi connectivity index (χ0v) is 10.3. The Labute approximate surface area is 102 Å². The van der Waals surface area contributed by atoms with Gasteiger partial charge in [0.1, 0.15) is 5.75 Å². The molecule has 0 amide bonds. The maximum Gasteiger partial charge on any atom is 0.416 e. The highest BCUT2D eigenvalue weighted by molar-refractivity contribution is 7.95. The zero-order valence-electron chi connectivity index (χ0n) is 9.50. The molecule has 0 N–H and O–H groups in total. The van der Waals surface area contributed by atoms with Gasteiger partial charge in [-0.15, -0.1) is 0 Å². The summed E-state index contributed by atoms with van der Waals surface area (Å²) in [5.41, 5.74) is -1.02. The summed E-state index contributed by atoms with van der Waals surface area (Å²) in [5, 5.41) is 1.87. The number of methoxy groups -OCH3 is 1. The van der Waals surface area contributed by atoms with Crippen molar-refractivity contribution in [1.29, 1.82) is 0 Å². The van der Waals surface area contributed by atoms with Gasteiger partial charge in [-0.25, -0.2) is 8.42 Å². The molecule has 0 spiro atoms. The number of hydrogen-bond donors (Lipinski definition) is 0. The molecule has 0 aliphatic heterocycles. The summed E-state index contributed by atoms with van der Waals surface area (Å²) >= 11 is 0. The summed E-state index contributed by atoms with van der Waals surface area (Å²) in [6, 6.07) is 2.81. The van der Waals surface area contributed by atoms with Crippen LogP contribution < -0.4 is 4.74 Å². The fourth-order valence-electron chi connectivity index (χ4n) is 1.10. The third-order valence-corrected chi connectivity index (χ3v) is 2.32. The van der Waals surface area contributed by atoms with Gasteiger partial charge in [0, 0.05) is 10.8 Å². The number of alkyl halides is 3. The molecule has 0 aliphatic rings. The lowest BCUT2D eigenvalue weighted by Gasteiger charge is -2.09. The van der Waals surface area contributed by atoms with Crippen LogP contribution in [-0.2, 0) is 16.0 Å². The molecule has 1 rings (SSSR count). The maximum atomic E-state index is 12.5. The van der Waals surface area contributed by atoms with Crippen LogP contribution in [0.1, 0.15) is 11.1 Å². The van der Waals surface area contributed by atoms with Crippen molar-refractivity contribution in [1.82, 2.24) is 0 Å². The fourth-order valence-corrected chi connectivity index (χ4v) is 1.41. The van der Waals surface area contributed by atoms with E-state index in [4.69, 9.17) is 4.74 Å². The summed E-state index contributed by atoms with van der Waals surface area (Å²) in [7, 11) is -2.36. The van der Waals surface area contributed by atoms with Crippen molar-refractivity contribution in [3.8, 4) is 16.9 Å². The summed E-state index contributed by atoms with van der Waals surface area (Å²) in [4.78, 5) is 0. The van der Waals surface area contributed by atoms with Gasteiger partial charge in [-0.2, -0.15) is 13.2 Å². The normalized spacial score (nSPS) is 11.6. The molecule has 0 fully saturated rings. The Bertz CT molecular complexity index is 607. The van der Waals surface area contributed by atoms with E-state index in [2.05, 4.69) is 5.92 Å². The molecule has 0 heterocycles. The third-order valence-electron chi connectivity index (χ3n) is 1.85. The van der Waals surface area contributed by atoms with Gasteiger partial charge in [-0.05, 0) is 24.1 Å². The highest BCUT2D eigenvalue weighted by Crippen LogP contribution is 2.32. The minimum Gasteiger partial charge on any atom is -0.497 e. The third kappa shape index (κ3) is 4.30. The SMILES string of the molecule is COc1cc(C#CS(C)(=O)=O)cc(C(F)(F)F)c1. The maximum absolute atomic E-state index is 12.5. The van der Waals surface area contributed by atoms with E-state index in [1.165, 1.54) is 13.2 Å². The first kappa shape index (κ1) is 14.4. The molecule has 0 aromatic heterocycles. The van der Waals surface area contributed by atoms with Gasteiger partial charge >= 0.3 is 6.18 Å². The Morgan fingerprint density at radius 3 is 2.28 bits per heavy atom. The molecular formula is C11H9F3O3S. The van der Waals surface area contributed by atoms with Crippen LogP contribution in [0.25, 0.3) is 0 Å². The Morgan fingerprint density at radius 2 is 1.83 bits per heavy atom. The largest absolute Gasteiger partial charge is 0.497 e. The molecule has 0 saturated carbocycles. The predicted molar refractivity (Wildman–Crippen MR) is 59.7 cm³/mol. The number of benzene rings is 1. The zero-order chi connectivity index (χ0) is 14.0. The van der Waals surface area contributed by atoms with Crippen molar-refractivity contribution in [2.45, 2.75) is 6.18 Å². The van der Waals surface area contributed by atoms with E-state index in [0.717, 1.165) is 18.4 Å². The molecule has 0 unspecified atom stereocenters. The van der Waals surface area contributed by atoms with Gasteiger partial charge < -0.3 is 4.74 Å². The fraction of sp³-hybridized carbons (Fsp3) is 0.273. The van der Waals surface area contributed by atoms with Crippen LogP contribution >= 0.6 is 0 Å². The van der Waals surface area contributed by atoms with Crippen LogP contribution in [0.4, 0.5) is 13.2 Å². The van der Waals surface area contributed by atoms with E-state index in [1.54, 1.807) is 0 Å². The van der Waals surface area contributed by atoms with E-state index in [-0.39, 0.29) is 11.3 Å². The van der Waals surface area contributed by atoms with Gasteiger partial charge in [0.05, 0.1) is 18.9 Å². The van der Waals surface area contributed by atoms with Crippen LogP contribution in [0.5, 0.6) is 5.75 Å². The lowest BCUT2D eigenvalue weighted by Crippen LogP contribution is -2.05. The van der Waals surface area contributed by atoms with Crippen molar-refractivity contribution in [3.05, 3.63) is 29.3 Å². The highest BCUT2D eigenvalue weighted by atomic mass is 32.2. The molecular weight excluding hydrogens is 269 g/mol. The van der Waals surface area contributed by atoms with Crippen molar-refractivity contribution in [2.24, 2.45) is 0 Å². The highest BCUT2D eigenvalue weighted by Gasteiger charge is 2.31. The summed E-state index contributed by atoms with van der Waals surface area (Å²) in [6.07, 6.45) is -3.68. The molecule has 7 heteroatoms. The second-order valence-electron chi connectivity index (χ2n) is 3.45. The quantitative estimate of drug-likeness (QED) is 0.739. The Morgan fingerprint density at radius 1 is 1.22 bits per heavy atom. The number of ether oxygens (including phenoxy) is 1. The van der Waals surface area contributed by atoms with Gasteiger partial charge in [0.2, 0.25) is 9.84 Å². The van der Waals surface area contributed by atoms with E-state index in [9.17, 15) is 21.6 Å². The molecule has 0 radical (unpaired) electrons. The van der Waals surface area contributed by atoms with Crippen LogP contribution in [0.2, 0.25) is 0 Å². The first-order valence-electron chi connectivity index (χ1n) is 4.61. The first-order chi connectivity index (χ1) is 8.12. The van der Waals surface area contributed by atoms with Crippen molar-refractivity contribution >= 4 is 9.84 Å². The van der Waals surface area contributed by atoms with Gasteiger partial charge in [0.15, 0.2) is 0 Å².